The van der Waals surface area contributed by atoms with E-state index in [-0.39, 0.29) is 4.90 Å². The van der Waals surface area contributed by atoms with Crippen LogP contribution >= 0.6 is 11.8 Å². The van der Waals surface area contributed by atoms with Gasteiger partial charge in [-0.3, -0.25) is 0 Å². The molecule has 0 fully saturated rings. The summed E-state index contributed by atoms with van der Waals surface area (Å²) >= 11 is 1.73. The van der Waals surface area contributed by atoms with Crippen LogP contribution in [0.3, 0.4) is 0 Å². The Morgan fingerprint density at radius 3 is 2.17 bits per heavy atom. The van der Waals surface area contributed by atoms with E-state index >= 15 is 0 Å². The van der Waals surface area contributed by atoms with E-state index in [9.17, 15) is 8.42 Å². The molecule has 2 rings (SSSR count). The fourth-order valence-electron chi connectivity index (χ4n) is 1.87. The van der Waals surface area contributed by atoms with E-state index in [2.05, 4.69) is 31.2 Å². The Morgan fingerprint density at radius 2 is 1.61 bits per heavy atom. The molecule has 2 aromatic carbocycles. The van der Waals surface area contributed by atoms with Gasteiger partial charge in [0, 0.05) is 24.7 Å². The Bertz CT molecular complexity index is 723. The predicted octanol–water partition coefficient (Wildman–Crippen LogP) is 3.42. The zero-order valence-electron chi connectivity index (χ0n) is 13.5. The molecule has 0 aliphatic rings. The molecule has 0 heterocycles. The number of aryl methyl sites for hydroxylation is 1. The molecule has 0 spiro atoms. The van der Waals surface area contributed by atoms with Crippen LogP contribution in [-0.2, 0) is 10.0 Å². The molecular weight excluding hydrogens is 330 g/mol. The number of rotatable bonds is 7. The lowest BCUT2D eigenvalue weighted by atomic mass is 10.2. The molecule has 23 heavy (non-hydrogen) atoms. The van der Waals surface area contributed by atoms with Gasteiger partial charge in [0.15, 0.2) is 0 Å². The van der Waals surface area contributed by atoms with E-state index in [4.69, 9.17) is 4.74 Å². The normalized spacial score (nSPS) is 11.7. The lowest BCUT2D eigenvalue weighted by Gasteiger charge is -2.12. The van der Waals surface area contributed by atoms with Crippen molar-refractivity contribution < 1.29 is 13.2 Å². The maximum absolute atomic E-state index is 12.0. The van der Waals surface area contributed by atoms with Crippen molar-refractivity contribution in [1.29, 1.82) is 0 Å². The molecule has 0 aliphatic carbocycles. The van der Waals surface area contributed by atoms with Gasteiger partial charge in [0.05, 0.1) is 11.5 Å². The van der Waals surface area contributed by atoms with Gasteiger partial charge in [-0.25, -0.2) is 12.7 Å². The van der Waals surface area contributed by atoms with E-state index < -0.39 is 10.0 Å². The highest BCUT2D eigenvalue weighted by molar-refractivity contribution is 7.99. The van der Waals surface area contributed by atoms with Gasteiger partial charge < -0.3 is 4.74 Å². The van der Waals surface area contributed by atoms with Crippen molar-refractivity contribution >= 4 is 21.8 Å². The Morgan fingerprint density at radius 1 is 1.00 bits per heavy atom. The molecule has 4 nitrogen and oxygen atoms in total. The number of benzene rings is 2. The van der Waals surface area contributed by atoms with Gasteiger partial charge >= 0.3 is 0 Å². The molecule has 0 aromatic heterocycles. The van der Waals surface area contributed by atoms with Crippen LogP contribution in [-0.4, -0.2) is 39.2 Å². The van der Waals surface area contributed by atoms with Gasteiger partial charge in [0.2, 0.25) is 10.0 Å². The summed E-state index contributed by atoms with van der Waals surface area (Å²) in [4.78, 5) is 1.48. The molecule has 6 heteroatoms. The quantitative estimate of drug-likeness (QED) is 0.566. The number of sulfonamides is 1. The summed E-state index contributed by atoms with van der Waals surface area (Å²) in [7, 11) is -0.353. The van der Waals surface area contributed by atoms with Gasteiger partial charge in [-0.05, 0) is 43.3 Å². The number of thioether (sulfide) groups is 1. The summed E-state index contributed by atoms with van der Waals surface area (Å²) in [6, 6.07) is 14.9. The second-order valence-corrected chi connectivity index (χ2v) is 8.59. The minimum absolute atomic E-state index is 0.267. The second kappa shape index (κ2) is 7.86. The van der Waals surface area contributed by atoms with E-state index in [0.717, 1.165) is 5.75 Å². The highest BCUT2D eigenvalue weighted by Crippen LogP contribution is 2.20. The Labute approximate surface area is 142 Å². The van der Waals surface area contributed by atoms with Crippen LogP contribution in [0.15, 0.2) is 58.3 Å². The highest BCUT2D eigenvalue weighted by Gasteiger charge is 2.16. The van der Waals surface area contributed by atoms with Crippen LogP contribution < -0.4 is 4.74 Å². The van der Waals surface area contributed by atoms with Crippen molar-refractivity contribution in [2.75, 3.05) is 26.5 Å². The van der Waals surface area contributed by atoms with E-state index in [0.29, 0.717) is 12.4 Å². The third-order valence-corrected chi connectivity index (χ3v) is 6.05. The maximum Gasteiger partial charge on any atom is 0.242 e. The molecule has 0 saturated heterocycles. The molecule has 0 radical (unpaired) electrons. The van der Waals surface area contributed by atoms with Gasteiger partial charge in [0.1, 0.15) is 5.75 Å². The maximum atomic E-state index is 12.0. The van der Waals surface area contributed by atoms with Crippen LogP contribution in [0.25, 0.3) is 0 Å². The van der Waals surface area contributed by atoms with Crippen molar-refractivity contribution in [1.82, 2.24) is 4.31 Å². The first-order chi connectivity index (χ1) is 10.9. The van der Waals surface area contributed by atoms with Gasteiger partial charge in [-0.1, -0.05) is 17.7 Å². The fourth-order valence-corrected chi connectivity index (χ4v) is 3.50. The standard InChI is InChI=1S/C17H21NO3S2/c1-14-4-8-16(9-5-14)22-13-12-21-15-6-10-17(11-7-15)23(19,20)18(2)3/h4-11H,12-13H2,1-3H3. The summed E-state index contributed by atoms with van der Waals surface area (Å²) < 4.78 is 30.8. The summed E-state index contributed by atoms with van der Waals surface area (Å²) in [6.07, 6.45) is 0. The highest BCUT2D eigenvalue weighted by atomic mass is 32.2. The Hall–Kier alpha value is -1.50. The third-order valence-electron chi connectivity index (χ3n) is 3.24. The van der Waals surface area contributed by atoms with Crippen molar-refractivity contribution in [3.63, 3.8) is 0 Å². The number of ether oxygens (including phenoxy) is 1. The average Bonchev–Trinajstić information content (AvgIpc) is 2.53. The third kappa shape index (κ3) is 4.99. The lowest BCUT2D eigenvalue weighted by Crippen LogP contribution is -2.22. The summed E-state index contributed by atoms with van der Waals surface area (Å²) in [5.41, 5.74) is 1.25. The fraction of sp³-hybridized carbons (Fsp3) is 0.294. The van der Waals surface area contributed by atoms with Crippen molar-refractivity contribution in [3.8, 4) is 5.75 Å². The van der Waals surface area contributed by atoms with Crippen molar-refractivity contribution in [3.05, 3.63) is 54.1 Å². The van der Waals surface area contributed by atoms with Gasteiger partial charge in [-0.15, -0.1) is 11.8 Å². The Balaban J connectivity index is 1.84. The van der Waals surface area contributed by atoms with Crippen LogP contribution in [0, 0.1) is 6.92 Å². The number of nitrogens with zero attached hydrogens (tertiary/aromatic N) is 1. The first-order valence-electron chi connectivity index (χ1n) is 7.24. The predicted molar refractivity (Wildman–Crippen MR) is 94.7 cm³/mol. The molecule has 0 amide bonds. The summed E-state index contributed by atoms with van der Waals surface area (Å²) in [6.45, 7) is 2.63. The van der Waals surface area contributed by atoms with E-state index in [1.165, 1.54) is 28.9 Å². The zero-order valence-corrected chi connectivity index (χ0v) is 15.2. The summed E-state index contributed by atoms with van der Waals surface area (Å²) in [5.74, 6) is 1.51. The number of hydrogen-bond donors (Lipinski definition) is 0. The van der Waals surface area contributed by atoms with Gasteiger partial charge in [0.25, 0.3) is 0 Å². The largest absolute Gasteiger partial charge is 0.493 e. The Kier molecular flexibility index (Phi) is 6.10. The van der Waals surface area contributed by atoms with Crippen LogP contribution in [0.5, 0.6) is 5.75 Å². The van der Waals surface area contributed by atoms with E-state index in [1.54, 1.807) is 36.0 Å². The molecule has 2 aromatic rings. The monoisotopic (exact) mass is 351 g/mol. The van der Waals surface area contributed by atoms with Crippen LogP contribution in [0.4, 0.5) is 0 Å². The van der Waals surface area contributed by atoms with Crippen molar-refractivity contribution in [2.24, 2.45) is 0 Å². The first kappa shape index (κ1) is 17.8. The molecule has 0 N–H and O–H groups in total. The summed E-state index contributed by atoms with van der Waals surface area (Å²) in [5, 5.41) is 0. The topological polar surface area (TPSA) is 46.6 Å². The zero-order chi connectivity index (χ0) is 16.9. The molecule has 0 atom stereocenters. The molecule has 0 bridgehead atoms. The van der Waals surface area contributed by atoms with Crippen LogP contribution in [0.2, 0.25) is 0 Å². The van der Waals surface area contributed by atoms with Gasteiger partial charge in [-0.2, -0.15) is 0 Å². The lowest BCUT2D eigenvalue weighted by molar-refractivity contribution is 0.343. The molecule has 0 saturated carbocycles. The first-order valence-corrected chi connectivity index (χ1v) is 9.67. The minimum Gasteiger partial charge on any atom is -0.493 e. The number of hydrogen-bond acceptors (Lipinski definition) is 4. The minimum atomic E-state index is -3.38. The molecular formula is C17H21NO3S2. The smallest absolute Gasteiger partial charge is 0.242 e. The second-order valence-electron chi connectivity index (χ2n) is 5.27. The molecule has 0 unspecified atom stereocenters. The van der Waals surface area contributed by atoms with Crippen LogP contribution in [0.1, 0.15) is 5.56 Å². The average molecular weight is 351 g/mol. The van der Waals surface area contributed by atoms with Crippen molar-refractivity contribution in [2.45, 2.75) is 16.7 Å². The molecule has 0 aliphatic heterocycles. The molecule has 124 valence electrons. The van der Waals surface area contributed by atoms with E-state index in [1.807, 2.05) is 0 Å². The SMILES string of the molecule is Cc1ccc(SCCOc2ccc(S(=O)(=O)N(C)C)cc2)cc1.